The summed E-state index contributed by atoms with van der Waals surface area (Å²) in [6.07, 6.45) is 2.23. The lowest BCUT2D eigenvalue weighted by molar-refractivity contribution is 0.535. The first-order valence-corrected chi connectivity index (χ1v) is 6.30. The van der Waals surface area contributed by atoms with Crippen molar-refractivity contribution in [2.45, 2.75) is 33.2 Å². The predicted octanol–water partition coefficient (Wildman–Crippen LogP) is 2.62. The standard InChI is InChI=1S/C14H21N3/c1-4-10(2)7-14-16-12-8-11(9-15)5-6-13(12)17(14)3/h5-6,8,10H,4,7,9,15H2,1-3H3. The van der Waals surface area contributed by atoms with Crippen LogP contribution < -0.4 is 5.73 Å². The topological polar surface area (TPSA) is 43.8 Å². The molecule has 0 fully saturated rings. The second-order valence-corrected chi connectivity index (χ2v) is 4.83. The van der Waals surface area contributed by atoms with Crippen molar-refractivity contribution in [3.8, 4) is 0 Å². The molecule has 0 saturated carbocycles. The summed E-state index contributed by atoms with van der Waals surface area (Å²) in [6, 6.07) is 6.29. The molecule has 2 aromatic rings. The van der Waals surface area contributed by atoms with Crippen LogP contribution in [0.4, 0.5) is 0 Å². The highest BCUT2D eigenvalue weighted by Gasteiger charge is 2.10. The van der Waals surface area contributed by atoms with E-state index in [4.69, 9.17) is 10.7 Å². The van der Waals surface area contributed by atoms with Crippen LogP contribution in [0.1, 0.15) is 31.7 Å². The molecule has 0 saturated heterocycles. The first-order chi connectivity index (χ1) is 8.15. The van der Waals surface area contributed by atoms with E-state index in [9.17, 15) is 0 Å². The number of benzene rings is 1. The zero-order chi connectivity index (χ0) is 12.4. The largest absolute Gasteiger partial charge is 0.331 e. The molecule has 1 atom stereocenters. The zero-order valence-corrected chi connectivity index (χ0v) is 10.9. The van der Waals surface area contributed by atoms with Crippen LogP contribution in [0.3, 0.4) is 0 Å². The fraction of sp³-hybridized carbons (Fsp3) is 0.500. The van der Waals surface area contributed by atoms with Crippen molar-refractivity contribution < 1.29 is 0 Å². The van der Waals surface area contributed by atoms with E-state index in [-0.39, 0.29) is 0 Å². The molecule has 2 N–H and O–H groups in total. The number of aryl methyl sites for hydroxylation is 1. The van der Waals surface area contributed by atoms with Gasteiger partial charge < -0.3 is 10.3 Å². The van der Waals surface area contributed by atoms with Crippen LogP contribution in [0.15, 0.2) is 18.2 Å². The number of nitrogens with two attached hydrogens (primary N) is 1. The van der Waals surface area contributed by atoms with E-state index in [1.165, 1.54) is 17.8 Å². The summed E-state index contributed by atoms with van der Waals surface area (Å²) in [7, 11) is 2.09. The minimum Gasteiger partial charge on any atom is -0.331 e. The van der Waals surface area contributed by atoms with Crippen LogP contribution in [0, 0.1) is 5.92 Å². The van der Waals surface area contributed by atoms with Crippen LogP contribution >= 0.6 is 0 Å². The van der Waals surface area contributed by atoms with Gasteiger partial charge in [-0.1, -0.05) is 26.3 Å². The summed E-state index contributed by atoms with van der Waals surface area (Å²) in [5, 5.41) is 0. The quantitative estimate of drug-likeness (QED) is 0.879. The maximum atomic E-state index is 5.65. The molecule has 2 rings (SSSR count). The zero-order valence-electron chi connectivity index (χ0n) is 10.9. The van der Waals surface area contributed by atoms with Gasteiger partial charge in [0.25, 0.3) is 0 Å². The molecule has 0 aliphatic carbocycles. The lowest BCUT2D eigenvalue weighted by Crippen LogP contribution is -2.04. The van der Waals surface area contributed by atoms with E-state index in [1.807, 2.05) is 0 Å². The molecule has 0 radical (unpaired) electrons. The van der Waals surface area contributed by atoms with Gasteiger partial charge in [-0.2, -0.15) is 0 Å². The van der Waals surface area contributed by atoms with Crippen LogP contribution in [0.2, 0.25) is 0 Å². The molecule has 3 nitrogen and oxygen atoms in total. The third-order valence-corrected chi connectivity index (χ3v) is 3.50. The first-order valence-electron chi connectivity index (χ1n) is 6.30. The average Bonchev–Trinajstić information content (AvgIpc) is 2.65. The minimum atomic E-state index is 0.577. The number of rotatable bonds is 4. The summed E-state index contributed by atoms with van der Waals surface area (Å²) in [6.45, 7) is 5.07. The molecule has 3 heteroatoms. The number of nitrogens with zero attached hydrogens (tertiary/aromatic N) is 2. The molecule has 1 aromatic carbocycles. The highest BCUT2D eigenvalue weighted by molar-refractivity contribution is 5.76. The second kappa shape index (κ2) is 4.88. The number of fused-ring (bicyclic) bond motifs is 1. The lowest BCUT2D eigenvalue weighted by atomic mass is 10.1. The van der Waals surface area contributed by atoms with Gasteiger partial charge in [0.15, 0.2) is 0 Å². The second-order valence-electron chi connectivity index (χ2n) is 4.83. The minimum absolute atomic E-state index is 0.577. The van der Waals surface area contributed by atoms with Gasteiger partial charge in [0.2, 0.25) is 0 Å². The summed E-state index contributed by atoms with van der Waals surface area (Å²) in [4.78, 5) is 4.72. The lowest BCUT2D eigenvalue weighted by Gasteiger charge is -2.07. The van der Waals surface area contributed by atoms with Crippen LogP contribution in [-0.4, -0.2) is 9.55 Å². The fourth-order valence-electron chi connectivity index (χ4n) is 2.06. The Balaban J connectivity index is 2.41. The summed E-state index contributed by atoms with van der Waals surface area (Å²) < 4.78 is 2.20. The number of imidazole rings is 1. The van der Waals surface area contributed by atoms with Crippen molar-refractivity contribution in [2.24, 2.45) is 18.7 Å². The Morgan fingerprint density at radius 3 is 2.82 bits per heavy atom. The average molecular weight is 231 g/mol. The van der Waals surface area contributed by atoms with Crippen molar-refractivity contribution >= 4 is 11.0 Å². The van der Waals surface area contributed by atoms with Gasteiger partial charge in [-0.05, 0) is 23.6 Å². The molecule has 0 aliphatic heterocycles. The van der Waals surface area contributed by atoms with Crippen molar-refractivity contribution in [2.75, 3.05) is 0 Å². The Morgan fingerprint density at radius 1 is 1.41 bits per heavy atom. The normalized spacial score (nSPS) is 13.2. The highest BCUT2D eigenvalue weighted by atomic mass is 15.1. The molecule has 0 amide bonds. The fourth-order valence-corrected chi connectivity index (χ4v) is 2.06. The summed E-state index contributed by atoms with van der Waals surface area (Å²) in [5.41, 5.74) is 9.06. The molecular weight excluding hydrogens is 210 g/mol. The van der Waals surface area contributed by atoms with Gasteiger partial charge in [-0.3, -0.25) is 0 Å². The third kappa shape index (κ3) is 2.34. The molecule has 92 valence electrons. The van der Waals surface area contributed by atoms with Gasteiger partial charge in [-0.15, -0.1) is 0 Å². The number of aromatic nitrogens is 2. The van der Waals surface area contributed by atoms with Gasteiger partial charge >= 0.3 is 0 Å². The molecule has 0 bridgehead atoms. The van der Waals surface area contributed by atoms with E-state index in [0.29, 0.717) is 12.5 Å². The van der Waals surface area contributed by atoms with E-state index in [1.54, 1.807) is 0 Å². The monoisotopic (exact) mass is 231 g/mol. The Kier molecular flexibility index (Phi) is 3.48. The Labute approximate surface area is 103 Å². The van der Waals surface area contributed by atoms with Crippen LogP contribution in [0.25, 0.3) is 11.0 Å². The number of hydrogen-bond donors (Lipinski definition) is 1. The van der Waals surface area contributed by atoms with E-state index in [2.05, 4.69) is 43.7 Å². The highest BCUT2D eigenvalue weighted by Crippen LogP contribution is 2.19. The summed E-state index contributed by atoms with van der Waals surface area (Å²) in [5.74, 6) is 1.85. The smallest absolute Gasteiger partial charge is 0.109 e. The molecule has 1 aromatic heterocycles. The van der Waals surface area contributed by atoms with Gasteiger partial charge in [-0.25, -0.2) is 4.98 Å². The molecule has 1 heterocycles. The molecule has 0 spiro atoms. The van der Waals surface area contributed by atoms with Crippen molar-refractivity contribution in [1.82, 2.24) is 9.55 Å². The molecule has 1 unspecified atom stereocenters. The van der Waals surface area contributed by atoms with Gasteiger partial charge in [0.05, 0.1) is 11.0 Å². The van der Waals surface area contributed by atoms with E-state index in [0.717, 1.165) is 17.5 Å². The van der Waals surface area contributed by atoms with Gasteiger partial charge in [0.1, 0.15) is 5.82 Å². The molecule has 0 aliphatic rings. The van der Waals surface area contributed by atoms with Crippen LogP contribution in [-0.2, 0) is 20.0 Å². The van der Waals surface area contributed by atoms with E-state index >= 15 is 0 Å². The molecular formula is C14H21N3. The van der Waals surface area contributed by atoms with Crippen molar-refractivity contribution in [3.05, 3.63) is 29.6 Å². The third-order valence-electron chi connectivity index (χ3n) is 3.50. The van der Waals surface area contributed by atoms with Crippen molar-refractivity contribution in [1.29, 1.82) is 0 Å². The van der Waals surface area contributed by atoms with Crippen molar-refractivity contribution in [3.63, 3.8) is 0 Å². The summed E-state index contributed by atoms with van der Waals surface area (Å²) >= 11 is 0. The SMILES string of the molecule is CCC(C)Cc1nc2cc(CN)ccc2n1C. The Hall–Kier alpha value is -1.35. The molecule has 17 heavy (non-hydrogen) atoms. The predicted molar refractivity (Wildman–Crippen MR) is 71.8 cm³/mol. The number of hydrogen-bond acceptors (Lipinski definition) is 2. The Bertz CT molecular complexity index is 513. The Morgan fingerprint density at radius 2 is 2.18 bits per heavy atom. The van der Waals surface area contributed by atoms with E-state index < -0.39 is 0 Å². The van der Waals surface area contributed by atoms with Gasteiger partial charge in [0, 0.05) is 20.0 Å². The van der Waals surface area contributed by atoms with Crippen LogP contribution in [0.5, 0.6) is 0 Å². The maximum Gasteiger partial charge on any atom is 0.109 e. The first kappa shape index (κ1) is 12.1. The maximum absolute atomic E-state index is 5.65.